The van der Waals surface area contributed by atoms with Crippen LogP contribution in [0.2, 0.25) is 0 Å². The first kappa shape index (κ1) is 14.4. The molecule has 1 unspecified atom stereocenters. The fourth-order valence-corrected chi connectivity index (χ4v) is 3.00. The Kier molecular flexibility index (Phi) is 4.51. The normalized spacial score (nSPS) is 24.1. The largest absolute Gasteiger partial charge is 0.368 e. The standard InChI is InChI=1S/C10H21N3O3S/c1-10(12-2,9(11)14)3-4-13-5-7-17(15,16)8-6-13/h12H,3-8H2,1-2H3,(H2,11,14). The van der Waals surface area contributed by atoms with Crippen LogP contribution in [0.4, 0.5) is 0 Å². The average molecular weight is 263 g/mol. The Bertz CT molecular complexity index is 368. The molecule has 100 valence electrons. The zero-order valence-electron chi connectivity index (χ0n) is 10.4. The molecule has 0 aromatic carbocycles. The minimum absolute atomic E-state index is 0.208. The topological polar surface area (TPSA) is 92.5 Å². The van der Waals surface area contributed by atoms with E-state index in [1.807, 2.05) is 0 Å². The lowest BCUT2D eigenvalue weighted by Gasteiger charge is -2.31. The second-order valence-electron chi connectivity index (χ2n) is 4.69. The Morgan fingerprint density at radius 3 is 2.35 bits per heavy atom. The van der Waals surface area contributed by atoms with Crippen LogP contribution in [0.15, 0.2) is 0 Å². The molecule has 1 aliphatic rings. The van der Waals surface area contributed by atoms with Crippen LogP contribution in [-0.2, 0) is 14.6 Å². The van der Waals surface area contributed by atoms with Gasteiger partial charge >= 0.3 is 0 Å². The minimum atomic E-state index is -2.84. The van der Waals surface area contributed by atoms with Crippen molar-refractivity contribution in [2.75, 3.05) is 38.2 Å². The van der Waals surface area contributed by atoms with Gasteiger partial charge in [0.15, 0.2) is 9.84 Å². The van der Waals surface area contributed by atoms with Gasteiger partial charge in [-0.15, -0.1) is 0 Å². The summed E-state index contributed by atoms with van der Waals surface area (Å²) in [5.74, 6) is 0.0317. The molecular weight excluding hydrogens is 242 g/mol. The molecule has 0 saturated carbocycles. The Hall–Kier alpha value is -0.660. The fourth-order valence-electron chi connectivity index (χ4n) is 1.73. The second-order valence-corrected chi connectivity index (χ2v) is 6.99. The zero-order valence-corrected chi connectivity index (χ0v) is 11.2. The quantitative estimate of drug-likeness (QED) is 0.634. The van der Waals surface area contributed by atoms with Crippen molar-refractivity contribution in [2.24, 2.45) is 5.73 Å². The predicted molar refractivity (Wildman–Crippen MR) is 66.4 cm³/mol. The summed E-state index contributed by atoms with van der Waals surface area (Å²) in [6.45, 7) is 3.52. The second kappa shape index (κ2) is 5.32. The van der Waals surface area contributed by atoms with Crippen molar-refractivity contribution in [3.8, 4) is 0 Å². The number of rotatable bonds is 5. The Balaban J connectivity index is 2.44. The van der Waals surface area contributed by atoms with Gasteiger partial charge in [0.25, 0.3) is 0 Å². The van der Waals surface area contributed by atoms with E-state index in [1.54, 1.807) is 14.0 Å². The number of primary amides is 1. The number of carbonyl (C=O) groups is 1. The maximum absolute atomic E-state index is 11.3. The summed E-state index contributed by atoms with van der Waals surface area (Å²) >= 11 is 0. The van der Waals surface area contributed by atoms with Crippen LogP contribution in [0.5, 0.6) is 0 Å². The molecule has 1 saturated heterocycles. The van der Waals surface area contributed by atoms with E-state index in [2.05, 4.69) is 10.2 Å². The van der Waals surface area contributed by atoms with Gasteiger partial charge in [-0.25, -0.2) is 8.42 Å². The number of hydrogen-bond donors (Lipinski definition) is 2. The van der Waals surface area contributed by atoms with E-state index in [-0.39, 0.29) is 17.4 Å². The van der Waals surface area contributed by atoms with Gasteiger partial charge in [-0.2, -0.15) is 0 Å². The number of hydrogen-bond acceptors (Lipinski definition) is 5. The van der Waals surface area contributed by atoms with Gasteiger partial charge in [0.05, 0.1) is 17.0 Å². The highest BCUT2D eigenvalue weighted by molar-refractivity contribution is 7.91. The van der Waals surface area contributed by atoms with Crippen LogP contribution in [0.1, 0.15) is 13.3 Å². The molecule has 1 rings (SSSR count). The highest BCUT2D eigenvalue weighted by Crippen LogP contribution is 2.11. The molecule has 0 radical (unpaired) electrons. The maximum atomic E-state index is 11.3. The zero-order chi connectivity index (χ0) is 13.1. The SMILES string of the molecule is CNC(C)(CCN1CCS(=O)(=O)CC1)C(N)=O. The molecule has 0 bridgehead atoms. The van der Waals surface area contributed by atoms with Crippen molar-refractivity contribution in [1.82, 2.24) is 10.2 Å². The number of nitrogens with one attached hydrogen (secondary N) is 1. The molecule has 6 nitrogen and oxygen atoms in total. The first-order chi connectivity index (χ1) is 7.79. The van der Waals surface area contributed by atoms with Gasteiger partial charge in [0, 0.05) is 19.6 Å². The van der Waals surface area contributed by atoms with Gasteiger partial charge in [0.2, 0.25) is 5.91 Å². The number of nitrogens with zero attached hydrogens (tertiary/aromatic N) is 1. The molecule has 0 aliphatic carbocycles. The summed E-state index contributed by atoms with van der Waals surface area (Å²) in [5, 5.41) is 2.91. The van der Waals surface area contributed by atoms with E-state index in [1.165, 1.54) is 0 Å². The lowest BCUT2D eigenvalue weighted by Crippen LogP contribution is -2.54. The first-order valence-electron chi connectivity index (χ1n) is 5.71. The van der Waals surface area contributed by atoms with Gasteiger partial charge in [-0.1, -0.05) is 0 Å². The molecule has 1 heterocycles. The van der Waals surface area contributed by atoms with E-state index in [4.69, 9.17) is 5.73 Å². The van der Waals surface area contributed by atoms with Gasteiger partial charge in [0.1, 0.15) is 0 Å². The molecule has 17 heavy (non-hydrogen) atoms. The van der Waals surface area contributed by atoms with E-state index in [0.29, 0.717) is 26.1 Å². The van der Waals surface area contributed by atoms with Gasteiger partial charge in [-0.3, -0.25) is 4.79 Å². The van der Waals surface area contributed by atoms with Crippen molar-refractivity contribution < 1.29 is 13.2 Å². The molecule has 1 amide bonds. The summed E-state index contributed by atoms with van der Waals surface area (Å²) in [6.07, 6.45) is 0.582. The van der Waals surface area contributed by atoms with Crippen LogP contribution in [0, 0.1) is 0 Å². The van der Waals surface area contributed by atoms with Gasteiger partial charge in [-0.05, 0) is 20.4 Å². The summed E-state index contributed by atoms with van der Waals surface area (Å²) in [5.41, 5.74) is 4.60. The summed E-state index contributed by atoms with van der Waals surface area (Å²) < 4.78 is 22.5. The molecule has 0 spiro atoms. The van der Waals surface area contributed by atoms with E-state index in [9.17, 15) is 13.2 Å². The van der Waals surface area contributed by atoms with Crippen molar-refractivity contribution in [2.45, 2.75) is 18.9 Å². The van der Waals surface area contributed by atoms with Crippen molar-refractivity contribution in [3.63, 3.8) is 0 Å². The molecule has 1 fully saturated rings. The van der Waals surface area contributed by atoms with E-state index < -0.39 is 15.4 Å². The Labute approximate surface area is 102 Å². The number of likely N-dealkylation sites (N-methyl/N-ethyl adjacent to an activating group) is 1. The Morgan fingerprint density at radius 1 is 1.41 bits per heavy atom. The third-order valence-electron chi connectivity index (χ3n) is 3.46. The van der Waals surface area contributed by atoms with E-state index in [0.717, 1.165) is 0 Å². The summed E-state index contributed by atoms with van der Waals surface area (Å²) in [4.78, 5) is 13.3. The van der Waals surface area contributed by atoms with Crippen LogP contribution >= 0.6 is 0 Å². The third kappa shape index (κ3) is 3.93. The highest BCUT2D eigenvalue weighted by atomic mass is 32.2. The average Bonchev–Trinajstić information content (AvgIpc) is 2.27. The lowest BCUT2D eigenvalue weighted by molar-refractivity contribution is -0.124. The monoisotopic (exact) mass is 263 g/mol. The third-order valence-corrected chi connectivity index (χ3v) is 5.07. The maximum Gasteiger partial charge on any atom is 0.237 e. The van der Waals surface area contributed by atoms with Crippen LogP contribution in [0.25, 0.3) is 0 Å². The number of amides is 1. The molecule has 1 atom stereocenters. The van der Waals surface area contributed by atoms with Crippen LogP contribution in [0.3, 0.4) is 0 Å². The van der Waals surface area contributed by atoms with Crippen molar-refractivity contribution in [1.29, 1.82) is 0 Å². The lowest BCUT2D eigenvalue weighted by atomic mass is 9.97. The molecular formula is C10H21N3O3S. The van der Waals surface area contributed by atoms with Gasteiger partial charge < -0.3 is 16.0 Å². The molecule has 0 aromatic heterocycles. The Morgan fingerprint density at radius 2 is 1.94 bits per heavy atom. The molecule has 0 aromatic rings. The van der Waals surface area contributed by atoms with Crippen molar-refractivity contribution >= 4 is 15.7 Å². The number of sulfone groups is 1. The summed E-state index contributed by atoms with van der Waals surface area (Å²) in [7, 11) is -1.14. The first-order valence-corrected chi connectivity index (χ1v) is 7.53. The smallest absolute Gasteiger partial charge is 0.237 e. The molecule has 7 heteroatoms. The van der Waals surface area contributed by atoms with E-state index >= 15 is 0 Å². The minimum Gasteiger partial charge on any atom is -0.368 e. The summed E-state index contributed by atoms with van der Waals surface area (Å²) in [6, 6.07) is 0. The van der Waals surface area contributed by atoms with Crippen molar-refractivity contribution in [3.05, 3.63) is 0 Å². The number of nitrogens with two attached hydrogens (primary N) is 1. The van der Waals surface area contributed by atoms with Crippen LogP contribution in [-0.4, -0.2) is 63.0 Å². The predicted octanol–water partition coefficient (Wildman–Crippen LogP) is -1.43. The highest BCUT2D eigenvalue weighted by Gasteiger charge is 2.30. The number of carbonyl (C=O) groups excluding carboxylic acids is 1. The van der Waals surface area contributed by atoms with Crippen LogP contribution < -0.4 is 11.1 Å². The molecule has 1 aliphatic heterocycles. The fraction of sp³-hybridized carbons (Fsp3) is 0.900. The molecule has 3 N–H and O–H groups in total.